The Morgan fingerprint density at radius 3 is 2.46 bits per heavy atom. The van der Waals surface area contributed by atoms with Crippen molar-refractivity contribution in [2.45, 2.75) is 13.3 Å². The first kappa shape index (κ1) is 26.2. The number of hydrogen-bond acceptors (Lipinski definition) is 8. The van der Waals surface area contributed by atoms with E-state index in [0.29, 0.717) is 22.1 Å². The number of aromatic nitrogens is 2. The van der Waals surface area contributed by atoms with Gasteiger partial charge in [0.1, 0.15) is 11.4 Å². The zero-order valence-corrected chi connectivity index (χ0v) is 20.9. The lowest BCUT2D eigenvalue weighted by Gasteiger charge is -2.11. The van der Waals surface area contributed by atoms with Gasteiger partial charge in [0, 0.05) is 22.7 Å². The van der Waals surface area contributed by atoms with Crippen LogP contribution in [0.3, 0.4) is 0 Å². The largest absolute Gasteiger partial charge is 0.497 e. The summed E-state index contributed by atoms with van der Waals surface area (Å²) < 4.78 is 39.3. The van der Waals surface area contributed by atoms with Gasteiger partial charge in [-0.1, -0.05) is 17.7 Å². The predicted octanol–water partition coefficient (Wildman–Crippen LogP) is 3.48. The highest BCUT2D eigenvalue weighted by Gasteiger charge is 2.29. The summed E-state index contributed by atoms with van der Waals surface area (Å²) in [6.45, 7) is 1.40. The Labute approximate surface area is 207 Å². The summed E-state index contributed by atoms with van der Waals surface area (Å²) in [5, 5.41) is 7.50. The average Bonchev–Trinajstić information content (AvgIpc) is 3.18. The van der Waals surface area contributed by atoms with Gasteiger partial charge in [-0.25, -0.2) is 9.48 Å². The SMILES string of the molecule is CCOC(=O)c1nn(-c2cccc(Cl)c2)c(C(=O)Nc2ccc(OC)cc2)c1CCOS(C)(=O)=O. The number of esters is 1. The second-order valence-electron chi connectivity index (χ2n) is 7.25. The summed E-state index contributed by atoms with van der Waals surface area (Å²) in [7, 11) is -2.22. The van der Waals surface area contributed by atoms with Crippen LogP contribution >= 0.6 is 11.6 Å². The fraction of sp³-hybridized carbons (Fsp3) is 0.261. The molecule has 35 heavy (non-hydrogen) atoms. The van der Waals surface area contributed by atoms with E-state index >= 15 is 0 Å². The van der Waals surface area contributed by atoms with Crippen LogP contribution in [0, 0.1) is 0 Å². The molecule has 0 aliphatic carbocycles. The van der Waals surface area contributed by atoms with E-state index in [9.17, 15) is 18.0 Å². The molecular weight excluding hydrogens is 498 g/mol. The van der Waals surface area contributed by atoms with Crippen molar-refractivity contribution >= 4 is 39.3 Å². The molecule has 1 aromatic heterocycles. The van der Waals surface area contributed by atoms with Crippen molar-refractivity contribution in [1.82, 2.24) is 9.78 Å². The predicted molar refractivity (Wildman–Crippen MR) is 130 cm³/mol. The lowest BCUT2D eigenvalue weighted by atomic mass is 10.1. The fourth-order valence-electron chi connectivity index (χ4n) is 3.24. The number of nitrogens with one attached hydrogen (secondary N) is 1. The van der Waals surface area contributed by atoms with Crippen molar-refractivity contribution in [3.8, 4) is 11.4 Å². The smallest absolute Gasteiger partial charge is 0.359 e. The van der Waals surface area contributed by atoms with Crippen molar-refractivity contribution in [2.75, 3.05) is 31.9 Å². The normalized spacial score (nSPS) is 11.2. The van der Waals surface area contributed by atoms with Crippen LogP contribution in [0.15, 0.2) is 48.5 Å². The third-order valence-corrected chi connectivity index (χ3v) is 5.55. The molecule has 0 spiro atoms. The molecule has 0 radical (unpaired) electrons. The number of ether oxygens (including phenoxy) is 2. The number of anilines is 1. The molecular formula is C23H24ClN3O7S. The van der Waals surface area contributed by atoms with Crippen molar-refractivity contribution in [2.24, 2.45) is 0 Å². The van der Waals surface area contributed by atoms with Crippen molar-refractivity contribution in [1.29, 1.82) is 0 Å². The molecule has 10 nitrogen and oxygen atoms in total. The lowest BCUT2D eigenvalue weighted by Crippen LogP contribution is -2.20. The van der Waals surface area contributed by atoms with Crippen LogP contribution in [0.5, 0.6) is 5.75 Å². The minimum atomic E-state index is -3.75. The molecule has 1 heterocycles. The van der Waals surface area contributed by atoms with Crippen LogP contribution < -0.4 is 10.1 Å². The molecule has 0 saturated heterocycles. The number of amides is 1. The number of benzene rings is 2. The summed E-state index contributed by atoms with van der Waals surface area (Å²) in [5.74, 6) is -0.746. The van der Waals surface area contributed by atoms with E-state index < -0.39 is 22.0 Å². The van der Waals surface area contributed by atoms with E-state index in [1.165, 1.54) is 11.8 Å². The molecule has 1 amide bonds. The van der Waals surface area contributed by atoms with Gasteiger partial charge in [0.15, 0.2) is 5.69 Å². The van der Waals surface area contributed by atoms with Crippen molar-refractivity contribution in [3.63, 3.8) is 0 Å². The van der Waals surface area contributed by atoms with Gasteiger partial charge in [-0.15, -0.1) is 0 Å². The molecule has 3 rings (SSSR count). The monoisotopic (exact) mass is 521 g/mol. The maximum Gasteiger partial charge on any atom is 0.359 e. The van der Waals surface area contributed by atoms with Crippen molar-refractivity contribution in [3.05, 3.63) is 70.5 Å². The third kappa shape index (κ3) is 6.81. The van der Waals surface area contributed by atoms with E-state index in [1.54, 1.807) is 55.5 Å². The van der Waals surface area contributed by atoms with E-state index in [2.05, 4.69) is 10.4 Å². The number of methoxy groups -OCH3 is 1. The van der Waals surface area contributed by atoms with Gasteiger partial charge in [0.2, 0.25) is 0 Å². The van der Waals surface area contributed by atoms with Crippen LogP contribution in [0.4, 0.5) is 5.69 Å². The molecule has 0 unspecified atom stereocenters. The first-order chi connectivity index (χ1) is 16.6. The molecule has 1 N–H and O–H groups in total. The number of carbonyl (C=O) groups excluding carboxylic acids is 2. The van der Waals surface area contributed by atoms with Gasteiger partial charge in [-0.05, 0) is 49.4 Å². The summed E-state index contributed by atoms with van der Waals surface area (Å²) in [4.78, 5) is 26.2. The van der Waals surface area contributed by atoms with Gasteiger partial charge in [-0.2, -0.15) is 13.5 Å². The quantitative estimate of drug-likeness (QED) is 0.317. The van der Waals surface area contributed by atoms with Gasteiger partial charge in [-0.3, -0.25) is 8.98 Å². The van der Waals surface area contributed by atoms with Crippen LogP contribution in [0.1, 0.15) is 33.5 Å². The Balaban J connectivity index is 2.12. The molecule has 0 aliphatic heterocycles. The minimum Gasteiger partial charge on any atom is -0.497 e. The molecule has 186 valence electrons. The second-order valence-corrected chi connectivity index (χ2v) is 9.33. The van der Waals surface area contributed by atoms with Gasteiger partial charge >= 0.3 is 5.97 Å². The van der Waals surface area contributed by atoms with Gasteiger partial charge < -0.3 is 14.8 Å². The highest BCUT2D eigenvalue weighted by atomic mass is 35.5. The van der Waals surface area contributed by atoms with Crippen LogP contribution in [0.2, 0.25) is 5.02 Å². The lowest BCUT2D eigenvalue weighted by molar-refractivity contribution is 0.0517. The molecule has 12 heteroatoms. The van der Waals surface area contributed by atoms with Crippen LogP contribution in [-0.4, -0.2) is 56.7 Å². The Morgan fingerprint density at radius 1 is 1.14 bits per heavy atom. The fourth-order valence-corrected chi connectivity index (χ4v) is 3.81. The third-order valence-electron chi connectivity index (χ3n) is 4.72. The molecule has 0 fully saturated rings. The summed E-state index contributed by atoms with van der Waals surface area (Å²) in [6, 6.07) is 13.2. The number of hydrogen-bond donors (Lipinski definition) is 1. The zero-order chi connectivity index (χ0) is 25.6. The average molecular weight is 522 g/mol. The van der Waals surface area contributed by atoms with Crippen LogP contribution in [-0.2, 0) is 25.5 Å². The summed E-state index contributed by atoms with van der Waals surface area (Å²) in [5.41, 5.74) is 0.911. The number of carbonyl (C=O) groups is 2. The van der Waals surface area contributed by atoms with E-state index in [-0.39, 0.29) is 36.6 Å². The second kappa shape index (κ2) is 11.3. The first-order valence-corrected chi connectivity index (χ1v) is 12.7. The molecule has 2 aromatic carbocycles. The first-order valence-electron chi connectivity index (χ1n) is 10.5. The summed E-state index contributed by atoms with van der Waals surface area (Å²) >= 11 is 6.15. The maximum absolute atomic E-state index is 13.5. The Bertz CT molecular complexity index is 1320. The molecule has 0 aliphatic rings. The molecule has 0 saturated carbocycles. The highest BCUT2D eigenvalue weighted by molar-refractivity contribution is 7.85. The van der Waals surface area contributed by atoms with E-state index in [0.717, 1.165) is 6.26 Å². The number of halogens is 1. The Hall–Kier alpha value is -3.41. The Kier molecular flexibility index (Phi) is 8.49. The van der Waals surface area contributed by atoms with E-state index in [4.69, 9.17) is 25.3 Å². The zero-order valence-electron chi connectivity index (χ0n) is 19.3. The topological polar surface area (TPSA) is 126 Å². The molecule has 0 bridgehead atoms. The molecule has 0 atom stereocenters. The maximum atomic E-state index is 13.5. The van der Waals surface area contributed by atoms with Crippen LogP contribution in [0.25, 0.3) is 5.69 Å². The number of rotatable bonds is 10. The standard InChI is InChI=1S/C23H24ClN3O7S/c1-4-33-23(29)20-19(12-13-34-35(3,30)31)21(27(26-20)17-7-5-6-15(24)14-17)22(28)25-16-8-10-18(32-2)11-9-16/h5-11,14H,4,12-13H2,1-3H3,(H,25,28). The van der Waals surface area contributed by atoms with Gasteiger partial charge in [0.05, 0.1) is 32.3 Å². The highest BCUT2D eigenvalue weighted by Crippen LogP contribution is 2.25. The van der Waals surface area contributed by atoms with Gasteiger partial charge in [0.25, 0.3) is 16.0 Å². The van der Waals surface area contributed by atoms with E-state index in [1.807, 2.05) is 0 Å². The van der Waals surface area contributed by atoms with Crippen molar-refractivity contribution < 1.29 is 31.7 Å². The molecule has 3 aromatic rings. The number of nitrogens with zero attached hydrogens (tertiary/aromatic N) is 2. The summed E-state index contributed by atoms with van der Waals surface area (Å²) in [6.07, 6.45) is 0.805. The Morgan fingerprint density at radius 2 is 1.86 bits per heavy atom. The minimum absolute atomic E-state index is 0.00300.